The van der Waals surface area contributed by atoms with Gasteiger partial charge in [-0.1, -0.05) is 26.3 Å². The Kier molecular flexibility index (Phi) is 8.34. The summed E-state index contributed by atoms with van der Waals surface area (Å²) in [4.78, 5) is 53.4. The van der Waals surface area contributed by atoms with Gasteiger partial charge >= 0.3 is 11.7 Å². The molecule has 3 rings (SSSR count). The first-order valence-corrected chi connectivity index (χ1v) is 11.3. The summed E-state index contributed by atoms with van der Waals surface area (Å²) >= 11 is 0. The van der Waals surface area contributed by atoms with E-state index in [4.69, 9.17) is 19.9 Å². The van der Waals surface area contributed by atoms with Gasteiger partial charge in [0.2, 0.25) is 0 Å². The summed E-state index contributed by atoms with van der Waals surface area (Å²) < 4.78 is 17.4. The van der Waals surface area contributed by atoms with E-state index in [1.165, 1.54) is 9.47 Å². The highest BCUT2D eigenvalue weighted by Crippen LogP contribution is 2.30. The topological polar surface area (TPSA) is 146 Å². The number of nitrogens with one attached hydrogen (secondary N) is 1. The maximum atomic E-state index is 13.0. The van der Waals surface area contributed by atoms with E-state index in [1.807, 2.05) is 13.8 Å². The number of nitrogens with zero attached hydrogens (tertiary/aromatic N) is 2. The van der Waals surface area contributed by atoms with Crippen LogP contribution >= 0.6 is 0 Å². The molecule has 0 saturated carbocycles. The molecule has 1 aromatic carbocycles. The molecule has 0 atom stereocenters. The molecule has 1 aromatic heterocycles. The zero-order chi connectivity index (χ0) is 24.7. The van der Waals surface area contributed by atoms with Crippen LogP contribution in [0.3, 0.4) is 0 Å². The molecule has 184 valence electrons. The number of fused-ring (bicyclic) bond motifs is 1. The van der Waals surface area contributed by atoms with Crippen LogP contribution in [0.1, 0.15) is 38.7 Å². The van der Waals surface area contributed by atoms with Crippen LogP contribution in [0.25, 0.3) is 0 Å². The lowest BCUT2D eigenvalue weighted by Crippen LogP contribution is -2.43. The molecule has 11 heteroatoms. The normalized spacial score (nSPS) is 12.3. The number of amides is 1. The smallest absolute Gasteiger partial charge is 0.330 e. The number of esters is 1. The van der Waals surface area contributed by atoms with Gasteiger partial charge in [0.1, 0.15) is 19.0 Å². The Morgan fingerprint density at radius 3 is 2.59 bits per heavy atom. The van der Waals surface area contributed by atoms with Crippen LogP contribution in [0.5, 0.6) is 11.5 Å². The van der Waals surface area contributed by atoms with Gasteiger partial charge in [-0.15, -0.1) is 0 Å². The fourth-order valence-corrected chi connectivity index (χ4v) is 3.60. The molecule has 1 amide bonds. The average Bonchev–Trinajstić information content (AvgIpc) is 2.82. The second-order valence-corrected chi connectivity index (χ2v) is 7.86. The molecule has 0 aliphatic carbocycles. The summed E-state index contributed by atoms with van der Waals surface area (Å²) in [6, 6.07) is 5.14. The van der Waals surface area contributed by atoms with Crippen molar-refractivity contribution in [3.05, 3.63) is 44.6 Å². The van der Waals surface area contributed by atoms with Crippen LogP contribution in [0.4, 0.5) is 11.5 Å². The molecule has 0 spiro atoms. The molecule has 11 nitrogen and oxygen atoms in total. The Balaban J connectivity index is 1.73. The molecule has 3 N–H and O–H groups in total. The van der Waals surface area contributed by atoms with Gasteiger partial charge in [-0.3, -0.25) is 23.9 Å². The molecular weight excluding hydrogens is 444 g/mol. The minimum Gasteiger partial charge on any atom is -0.486 e. The van der Waals surface area contributed by atoms with Gasteiger partial charge in [0.15, 0.2) is 23.8 Å². The molecule has 0 saturated heterocycles. The molecule has 0 bridgehead atoms. The number of benzene rings is 1. The molecule has 0 radical (unpaired) electrons. The highest BCUT2D eigenvalue weighted by atomic mass is 16.6. The first-order chi connectivity index (χ1) is 16.3. The molecule has 1 aliphatic rings. The van der Waals surface area contributed by atoms with Gasteiger partial charge in [-0.05, 0) is 30.5 Å². The Morgan fingerprint density at radius 1 is 1.15 bits per heavy atom. The van der Waals surface area contributed by atoms with Crippen molar-refractivity contribution in [2.45, 2.75) is 46.1 Å². The largest absolute Gasteiger partial charge is 0.486 e. The zero-order valence-corrected chi connectivity index (χ0v) is 19.4. The van der Waals surface area contributed by atoms with Crippen molar-refractivity contribution < 1.29 is 23.8 Å². The van der Waals surface area contributed by atoms with Crippen molar-refractivity contribution in [3.63, 3.8) is 0 Å². The molecule has 2 heterocycles. The lowest BCUT2D eigenvalue weighted by atomic mass is 10.1. The van der Waals surface area contributed by atoms with Gasteiger partial charge in [0.05, 0.1) is 6.42 Å². The lowest BCUT2D eigenvalue weighted by Gasteiger charge is -2.24. The predicted octanol–water partition coefficient (Wildman–Crippen LogP) is 1.22. The summed E-state index contributed by atoms with van der Waals surface area (Å²) in [6.07, 6.45) is 1.88. The maximum Gasteiger partial charge on any atom is 0.330 e. The fourth-order valence-electron chi connectivity index (χ4n) is 3.60. The van der Waals surface area contributed by atoms with Crippen LogP contribution < -0.4 is 31.4 Å². The number of carbonyl (C=O) groups excluding carboxylic acids is 2. The van der Waals surface area contributed by atoms with Gasteiger partial charge in [-0.25, -0.2) is 4.79 Å². The van der Waals surface area contributed by atoms with Crippen LogP contribution in [0.15, 0.2) is 27.8 Å². The van der Waals surface area contributed by atoms with E-state index in [1.54, 1.807) is 18.2 Å². The van der Waals surface area contributed by atoms with Gasteiger partial charge < -0.3 is 24.8 Å². The summed E-state index contributed by atoms with van der Waals surface area (Å²) in [5, 5.41) is 0. The number of aromatic amines is 1. The number of anilines is 2. The Bertz CT molecular complexity index is 1150. The number of aromatic nitrogens is 2. The van der Waals surface area contributed by atoms with E-state index in [0.29, 0.717) is 43.1 Å². The van der Waals surface area contributed by atoms with Gasteiger partial charge in [0, 0.05) is 13.1 Å². The quantitative estimate of drug-likeness (QED) is 0.489. The molecule has 0 unspecified atom stereocenters. The SMILES string of the molecule is CCCCN(C(=O)COC(=O)Cc1ccc2c(c1)OCCO2)c1c(N)n(CCC)c(=O)[nH]c1=O. The van der Waals surface area contributed by atoms with E-state index < -0.39 is 29.7 Å². The number of hydrogen-bond donors (Lipinski definition) is 2. The van der Waals surface area contributed by atoms with Crippen molar-refractivity contribution in [2.24, 2.45) is 0 Å². The minimum atomic E-state index is -0.762. The standard InChI is InChI=1S/C23H30N4O7/c1-3-5-9-26(20-21(24)27(8-4-2)23(31)25-22(20)30)18(28)14-34-19(29)13-15-6-7-16-17(12-15)33-11-10-32-16/h6-7,12H,3-5,8-11,13-14,24H2,1-2H3,(H,25,30,31). The lowest BCUT2D eigenvalue weighted by molar-refractivity contribution is -0.147. The van der Waals surface area contributed by atoms with Crippen LogP contribution in [0.2, 0.25) is 0 Å². The molecule has 0 fully saturated rings. The first kappa shape index (κ1) is 24.9. The number of hydrogen-bond acceptors (Lipinski definition) is 8. The number of nitrogens with two attached hydrogens (primary N) is 1. The average molecular weight is 475 g/mol. The van der Waals surface area contributed by atoms with Crippen LogP contribution in [-0.2, 0) is 27.3 Å². The van der Waals surface area contributed by atoms with Crippen molar-refractivity contribution in [3.8, 4) is 11.5 Å². The summed E-state index contributed by atoms with van der Waals surface area (Å²) in [5.41, 5.74) is 5.25. The van der Waals surface area contributed by atoms with Crippen molar-refractivity contribution in [1.29, 1.82) is 0 Å². The highest BCUT2D eigenvalue weighted by molar-refractivity contribution is 5.97. The maximum absolute atomic E-state index is 13.0. The summed E-state index contributed by atoms with van der Waals surface area (Å²) in [6.45, 7) is 4.59. The number of carbonyl (C=O) groups is 2. The summed E-state index contributed by atoms with van der Waals surface area (Å²) in [7, 11) is 0. The molecular formula is C23H30N4O7. The Hall–Kier alpha value is -3.76. The molecule has 2 aromatic rings. The summed E-state index contributed by atoms with van der Waals surface area (Å²) in [5.74, 6) is -0.156. The van der Waals surface area contributed by atoms with Gasteiger partial charge in [-0.2, -0.15) is 0 Å². The van der Waals surface area contributed by atoms with Crippen molar-refractivity contribution in [2.75, 3.05) is 37.0 Å². The third kappa shape index (κ3) is 5.77. The van der Waals surface area contributed by atoms with Crippen LogP contribution in [0, 0.1) is 0 Å². The number of ether oxygens (including phenoxy) is 3. The van der Waals surface area contributed by atoms with E-state index >= 15 is 0 Å². The van der Waals surface area contributed by atoms with E-state index in [0.717, 1.165) is 6.42 Å². The first-order valence-electron chi connectivity index (χ1n) is 11.3. The third-order valence-electron chi connectivity index (χ3n) is 5.28. The third-order valence-corrected chi connectivity index (χ3v) is 5.28. The van der Waals surface area contributed by atoms with Crippen molar-refractivity contribution >= 4 is 23.4 Å². The minimum absolute atomic E-state index is 0.0665. The molecule has 1 aliphatic heterocycles. The predicted molar refractivity (Wildman–Crippen MR) is 125 cm³/mol. The Labute approximate surface area is 196 Å². The monoisotopic (exact) mass is 474 g/mol. The number of H-pyrrole nitrogens is 1. The highest BCUT2D eigenvalue weighted by Gasteiger charge is 2.25. The number of nitrogen functional groups attached to an aromatic ring is 1. The molecule has 34 heavy (non-hydrogen) atoms. The second kappa shape index (κ2) is 11.4. The Morgan fingerprint density at radius 2 is 1.88 bits per heavy atom. The second-order valence-electron chi connectivity index (χ2n) is 7.86. The number of unbranched alkanes of at least 4 members (excludes halogenated alkanes) is 1. The van der Waals surface area contributed by atoms with E-state index in [-0.39, 0.29) is 31.0 Å². The number of rotatable bonds is 10. The van der Waals surface area contributed by atoms with E-state index in [2.05, 4.69) is 4.98 Å². The van der Waals surface area contributed by atoms with Gasteiger partial charge in [0.25, 0.3) is 11.5 Å². The van der Waals surface area contributed by atoms with Crippen molar-refractivity contribution in [1.82, 2.24) is 9.55 Å². The zero-order valence-electron chi connectivity index (χ0n) is 19.4. The van der Waals surface area contributed by atoms with E-state index in [9.17, 15) is 19.2 Å². The van der Waals surface area contributed by atoms with Crippen LogP contribution in [-0.4, -0.2) is 47.8 Å². The fraction of sp³-hybridized carbons (Fsp3) is 0.478.